The molecule has 18 heavy (non-hydrogen) atoms. The predicted molar refractivity (Wildman–Crippen MR) is 69.2 cm³/mol. The Balaban J connectivity index is 2.05. The maximum absolute atomic E-state index is 13.1. The largest absolute Gasteiger partial charge is 0.271 e. The normalized spacial score (nSPS) is 12.6. The van der Waals surface area contributed by atoms with Gasteiger partial charge in [-0.15, -0.1) is 11.3 Å². The van der Waals surface area contributed by atoms with Gasteiger partial charge in [0.2, 0.25) is 0 Å². The molecule has 0 aliphatic carbocycles. The second kappa shape index (κ2) is 6.04. The van der Waals surface area contributed by atoms with Gasteiger partial charge in [-0.1, -0.05) is 6.07 Å². The summed E-state index contributed by atoms with van der Waals surface area (Å²) in [6.45, 7) is 0. The highest BCUT2D eigenvalue weighted by Gasteiger charge is 2.11. The molecule has 0 aliphatic heterocycles. The smallest absolute Gasteiger partial charge is 0.126 e. The fourth-order valence-electron chi connectivity index (χ4n) is 1.87. The van der Waals surface area contributed by atoms with Crippen molar-refractivity contribution in [1.29, 1.82) is 0 Å². The van der Waals surface area contributed by atoms with Gasteiger partial charge in [0.25, 0.3) is 0 Å². The number of hydrogen-bond acceptors (Lipinski definition) is 3. The van der Waals surface area contributed by atoms with Crippen LogP contribution in [-0.4, -0.2) is 6.04 Å². The number of nitrogens with one attached hydrogen (secondary N) is 1. The number of rotatable bonds is 5. The molecule has 0 aliphatic rings. The Bertz CT molecular complexity index is 479. The first-order chi connectivity index (χ1) is 8.67. The van der Waals surface area contributed by atoms with Crippen molar-refractivity contribution in [3.05, 3.63) is 57.8 Å². The van der Waals surface area contributed by atoms with Gasteiger partial charge in [0.1, 0.15) is 11.6 Å². The molecule has 5 heteroatoms. The van der Waals surface area contributed by atoms with E-state index >= 15 is 0 Å². The summed E-state index contributed by atoms with van der Waals surface area (Å²) in [5.74, 6) is 4.36. The molecule has 0 amide bonds. The lowest BCUT2D eigenvalue weighted by atomic mass is 10.0. The highest BCUT2D eigenvalue weighted by atomic mass is 32.1. The number of hydrogen-bond donors (Lipinski definition) is 2. The van der Waals surface area contributed by atoms with Crippen LogP contribution in [0.2, 0.25) is 0 Å². The van der Waals surface area contributed by atoms with Crippen LogP contribution in [0.1, 0.15) is 10.4 Å². The van der Waals surface area contributed by atoms with Crippen LogP contribution in [0.25, 0.3) is 0 Å². The maximum Gasteiger partial charge on any atom is 0.126 e. The van der Waals surface area contributed by atoms with Gasteiger partial charge in [0.15, 0.2) is 0 Å². The average Bonchev–Trinajstić information content (AvgIpc) is 2.79. The topological polar surface area (TPSA) is 38.0 Å². The Morgan fingerprint density at radius 3 is 2.44 bits per heavy atom. The van der Waals surface area contributed by atoms with Crippen molar-refractivity contribution in [3.63, 3.8) is 0 Å². The van der Waals surface area contributed by atoms with Crippen LogP contribution in [0.5, 0.6) is 0 Å². The standard InChI is InChI=1S/C13H14F2N2S/c14-10-4-9(5-11(15)7-10)6-12(17-16)8-13-2-1-3-18-13/h1-5,7,12,17H,6,8,16H2. The Morgan fingerprint density at radius 1 is 1.17 bits per heavy atom. The Hall–Kier alpha value is -1.30. The zero-order chi connectivity index (χ0) is 13.0. The minimum Gasteiger partial charge on any atom is -0.271 e. The molecule has 0 fully saturated rings. The third kappa shape index (κ3) is 3.60. The van der Waals surface area contributed by atoms with Gasteiger partial charge in [-0.3, -0.25) is 11.3 Å². The van der Waals surface area contributed by atoms with Crippen LogP contribution in [0.4, 0.5) is 8.78 Å². The van der Waals surface area contributed by atoms with Gasteiger partial charge in [0, 0.05) is 17.0 Å². The summed E-state index contributed by atoms with van der Waals surface area (Å²) in [5.41, 5.74) is 3.29. The molecule has 3 N–H and O–H groups in total. The van der Waals surface area contributed by atoms with E-state index in [1.54, 1.807) is 11.3 Å². The van der Waals surface area contributed by atoms with Crippen molar-refractivity contribution in [2.45, 2.75) is 18.9 Å². The molecule has 1 aromatic heterocycles. The summed E-state index contributed by atoms with van der Waals surface area (Å²) in [6, 6.07) is 7.48. The van der Waals surface area contributed by atoms with Crippen molar-refractivity contribution in [3.8, 4) is 0 Å². The van der Waals surface area contributed by atoms with Crippen LogP contribution in [0.15, 0.2) is 35.7 Å². The molecule has 0 saturated carbocycles. The molecule has 1 heterocycles. The molecular weight excluding hydrogens is 254 g/mol. The number of thiophene rings is 1. The summed E-state index contributed by atoms with van der Waals surface area (Å²) in [4.78, 5) is 1.19. The van der Waals surface area contributed by atoms with E-state index in [1.807, 2.05) is 17.5 Å². The molecule has 0 radical (unpaired) electrons. The predicted octanol–water partition coefficient (Wildman–Crippen LogP) is 2.64. The van der Waals surface area contributed by atoms with Gasteiger partial charge in [-0.05, 0) is 42.0 Å². The molecular formula is C13H14F2N2S. The number of halogens is 2. The van der Waals surface area contributed by atoms with E-state index in [2.05, 4.69) is 5.43 Å². The van der Waals surface area contributed by atoms with Crippen LogP contribution < -0.4 is 11.3 Å². The van der Waals surface area contributed by atoms with Crippen molar-refractivity contribution >= 4 is 11.3 Å². The quantitative estimate of drug-likeness (QED) is 0.646. The van der Waals surface area contributed by atoms with Gasteiger partial charge in [0.05, 0.1) is 0 Å². The van der Waals surface area contributed by atoms with Gasteiger partial charge >= 0.3 is 0 Å². The summed E-state index contributed by atoms with van der Waals surface area (Å²) in [6.07, 6.45) is 1.23. The fraction of sp³-hybridized carbons (Fsp3) is 0.231. The minimum absolute atomic E-state index is 0.0372. The van der Waals surface area contributed by atoms with Gasteiger partial charge in [-0.2, -0.15) is 0 Å². The minimum atomic E-state index is -0.558. The maximum atomic E-state index is 13.1. The Kier molecular flexibility index (Phi) is 4.41. The number of hydrazine groups is 1. The Labute approximate surface area is 108 Å². The van der Waals surface area contributed by atoms with Crippen molar-refractivity contribution in [2.24, 2.45) is 5.84 Å². The summed E-state index contributed by atoms with van der Waals surface area (Å²) >= 11 is 1.64. The second-order valence-electron chi connectivity index (χ2n) is 4.13. The lowest BCUT2D eigenvalue weighted by Gasteiger charge is -2.15. The van der Waals surface area contributed by atoms with Crippen molar-refractivity contribution < 1.29 is 8.78 Å². The number of benzene rings is 1. The molecule has 2 nitrogen and oxygen atoms in total. The van der Waals surface area contributed by atoms with E-state index in [9.17, 15) is 8.78 Å². The second-order valence-corrected chi connectivity index (χ2v) is 5.16. The van der Waals surface area contributed by atoms with Crippen molar-refractivity contribution in [1.82, 2.24) is 5.43 Å². The van der Waals surface area contributed by atoms with Gasteiger partial charge in [-0.25, -0.2) is 8.78 Å². The zero-order valence-corrected chi connectivity index (χ0v) is 10.5. The van der Waals surface area contributed by atoms with Crippen molar-refractivity contribution in [2.75, 3.05) is 0 Å². The first-order valence-electron chi connectivity index (χ1n) is 5.61. The monoisotopic (exact) mass is 268 g/mol. The van der Waals surface area contributed by atoms with E-state index in [0.717, 1.165) is 12.5 Å². The van der Waals surface area contributed by atoms with Crippen LogP contribution in [-0.2, 0) is 12.8 Å². The van der Waals surface area contributed by atoms with Crippen LogP contribution in [0, 0.1) is 11.6 Å². The van der Waals surface area contributed by atoms with Crippen LogP contribution in [0.3, 0.4) is 0 Å². The highest BCUT2D eigenvalue weighted by Crippen LogP contribution is 2.15. The third-order valence-corrected chi connectivity index (χ3v) is 3.57. The Morgan fingerprint density at radius 2 is 1.89 bits per heavy atom. The molecule has 1 atom stereocenters. The molecule has 0 spiro atoms. The average molecular weight is 268 g/mol. The van der Waals surface area contributed by atoms with E-state index in [1.165, 1.54) is 17.0 Å². The van der Waals surface area contributed by atoms with Gasteiger partial charge < -0.3 is 0 Å². The summed E-state index contributed by atoms with van der Waals surface area (Å²) in [7, 11) is 0. The summed E-state index contributed by atoms with van der Waals surface area (Å²) < 4.78 is 26.1. The molecule has 1 aromatic carbocycles. The SMILES string of the molecule is NNC(Cc1cc(F)cc(F)c1)Cc1cccs1. The fourth-order valence-corrected chi connectivity index (χ4v) is 2.66. The first-order valence-corrected chi connectivity index (χ1v) is 6.49. The van der Waals surface area contributed by atoms with E-state index in [-0.39, 0.29) is 6.04 Å². The number of nitrogens with two attached hydrogens (primary N) is 1. The van der Waals surface area contributed by atoms with E-state index in [0.29, 0.717) is 12.0 Å². The lowest BCUT2D eigenvalue weighted by molar-refractivity contribution is 0.519. The molecule has 0 saturated heterocycles. The zero-order valence-electron chi connectivity index (χ0n) is 9.70. The molecule has 0 bridgehead atoms. The van der Waals surface area contributed by atoms with E-state index in [4.69, 9.17) is 5.84 Å². The lowest BCUT2D eigenvalue weighted by Crippen LogP contribution is -2.38. The van der Waals surface area contributed by atoms with Crippen LogP contribution >= 0.6 is 11.3 Å². The molecule has 96 valence electrons. The van der Waals surface area contributed by atoms with E-state index < -0.39 is 11.6 Å². The molecule has 2 aromatic rings. The first kappa shape index (κ1) is 13.1. The summed E-state index contributed by atoms with van der Waals surface area (Å²) in [5, 5.41) is 1.99. The third-order valence-electron chi connectivity index (χ3n) is 2.67. The molecule has 1 unspecified atom stereocenters. The highest BCUT2D eigenvalue weighted by molar-refractivity contribution is 7.09. The molecule has 2 rings (SSSR count).